The molecule has 0 unspecified atom stereocenters. The second kappa shape index (κ2) is 4.71. The lowest BCUT2D eigenvalue weighted by atomic mass is 10.1. The number of rotatable bonds is 1. The minimum atomic E-state index is -0.0717. The minimum absolute atomic E-state index is 0.0561. The molecule has 17 heavy (non-hydrogen) atoms. The lowest BCUT2D eigenvalue weighted by Crippen LogP contribution is -2.48. The Hall–Kier alpha value is -1.62. The zero-order chi connectivity index (χ0) is 12.4. The van der Waals surface area contributed by atoms with Crippen LogP contribution in [0.4, 0.5) is 5.69 Å². The zero-order valence-electron chi connectivity index (χ0n) is 10.1. The van der Waals surface area contributed by atoms with Crippen LogP contribution < -0.4 is 5.73 Å². The van der Waals surface area contributed by atoms with Gasteiger partial charge in [-0.1, -0.05) is 0 Å². The van der Waals surface area contributed by atoms with Crippen LogP contribution >= 0.6 is 0 Å². The molecule has 1 aromatic rings. The van der Waals surface area contributed by atoms with E-state index >= 15 is 0 Å². The summed E-state index contributed by atoms with van der Waals surface area (Å²) in [6.07, 6.45) is 3.21. The van der Waals surface area contributed by atoms with E-state index in [1.807, 2.05) is 13.8 Å². The molecule has 1 amide bonds. The number of nitrogen functional groups attached to an aromatic ring is 1. The number of pyridine rings is 1. The summed E-state index contributed by atoms with van der Waals surface area (Å²) < 4.78 is 5.59. The van der Waals surface area contributed by atoms with Crippen LogP contribution in [0.1, 0.15) is 24.2 Å². The maximum Gasteiger partial charge on any atom is 0.257 e. The van der Waals surface area contributed by atoms with Gasteiger partial charge in [0.1, 0.15) is 0 Å². The van der Waals surface area contributed by atoms with Gasteiger partial charge in [-0.15, -0.1) is 0 Å². The fraction of sp³-hybridized carbons (Fsp3) is 0.500. The first-order valence-corrected chi connectivity index (χ1v) is 5.72. The smallest absolute Gasteiger partial charge is 0.257 e. The molecule has 1 fully saturated rings. The topological polar surface area (TPSA) is 68.5 Å². The Morgan fingerprint density at radius 2 is 2.12 bits per heavy atom. The van der Waals surface area contributed by atoms with Gasteiger partial charge in [0.15, 0.2) is 0 Å². The predicted octanol–water partition coefficient (Wildman–Crippen LogP) is 0.913. The summed E-state index contributed by atoms with van der Waals surface area (Å²) in [5.41, 5.74) is 6.71. The average Bonchev–Trinajstić information content (AvgIpc) is 2.27. The van der Waals surface area contributed by atoms with Crippen LogP contribution in [0.15, 0.2) is 18.5 Å². The Morgan fingerprint density at radius 1 is 1.47 bits per heavy atom. The highest BCUT2D eigenvalue weighted by atomic mass is 16.5. The SMILES string of the molecule is C[C@H]1CN(C(=O)c2cnccc2N)C[C@H](C)O1. The molecule has 92 valence electrons. The number of carbonyl (C=O) groups excluding carboxylic acids is 1. The molecule has 0 aliphatic carbocycles. The summed E-state index contributed by atoms with van der Waals surface area (Å²) in [6, 6.07) is 1.64. The summed E-state index contributed by atoms with van der Waals surface area (Å²) in [4.78, 5) is 18.0. The third-order valence-electron chi connectivity index (χ3n) is 2.79. The molecule has 1 aliphatic rings. The second-order valence-corrected chi connectivity index (χ2v) is 4.43. The standard InChI is InChI=1S/C12H17N3O2/c1-8-6-15(7-9(2)17-8)12(16)10-5-14-4-3-11(10)13/h3-5,8-9H,6-7H2,1-2H3,(H2,13,14)/t8-,9-/m0/s1. The quantitative estimate of drug-likeness (QED) is 0.785. The van der Waals surface area contributed by atoms with Crippen LogP contribution in [0.3, 0.4) is 0 Å². The van der Waals surface area contributed by atoms with Crippen molar-refractivity contribution in [2.45, 2.75) is 26.1 Å². The van der Waals surface area contributed by atoms with E-state index in [-0.39, 0.29) is 18.1 Å². The maximum absolute atomic E-state index is 12.3. The monoisotopic (exact) mass is 235 g/mol. The molecule has 0 spiro atoms. The zero-order valence-corrected chi connectivity index (χ0v) is 10.1. The van der Waals surface area contributed by atoms with Gasteiger partial charge in [0, 0.05) is 31.2 Å². The third-order valence-corrected chi connectivity index (χ3v) is 2.79. The van der Waals surface area contributed by atoms with E-state index in [2.05, 4.69) is 4.98 Å². The Kier molecular flexibility index (Phi) is 3.28. The molecule has 0 aromatic carbocycles. The number of hydrogen-bond acceptors (Lipinski definition) is 4. The van der Waals surface area contributed by atoms with Gasteiger partial charge in [0.2, 0.25) is 0 Å². The number of ether oxygens (including phenoxy) is 1. The van der Waals surface area contributed by atoms with E-state index in [1.165, 1.54) is 6.20 Å². The van der Waals surface area contributed by atoms with Crippen LogP contribution in [-0.4, -0.2) is 41.1 Å². The van der Waals surface area contributed by atoms with Crippen molar-refractivity contribution in [3.63, 3.8) is 0 Å². The van der Waals surface area contributed by atoms with Crippen molar-refractivity contribution in [1.82, 2.24) is 9.88 Å². The molecular formula is C12H17N3O2. The first kappa shape index (κ1) is 11.9. The second-order valence-electron chi connectivity index (χ2n) is 4.43. The lowest BCUT2D eigenvalue weighted by Gasteiger charge is -2.35. The van der Waals surface area contributed by atoms with Crippen molar-refractivity contribution < 1.29 is 9.53 Å². The lowest BCUT2D eigenvalue weighted by molar-refractivity contribution is -0.0586. The molecule has 2 N–H and O–H groups in total. The molecule has 1 aliphatic heterocycles. The van der Waals surface area contributed by atoms with Crippen LogP contribution in [0.5, 0.6) is 0 Å². The van der Waals surface area contributed by atoms with Crippen molar-refractivity contribution in [2.75, 3.05) is 18.8 Å². The number of nitrogens with zero attached hydrogens (tertiary/aromatic N) is 2. The third kappa shape index (κ3) is 2.55. The Morgan fingerprint density at radius 3 is 2.71 bits per heavy atom. The number of nitrogens with two attached hydrogens (primary N) is 1. The number of aromatic nitrogens is 1. The fourth-order valence-corrected chi connectivity index (χ4v) is 2.10. The molecule has 2 rings (SSSR count). The van der Waals surface area contributed by atoms with Crippen molar-refractivity contribution in [2.24, 2.45) is 0 Å². The molecule has 0 bridgehead atoms. The van der Waals surface area contributed by atoms with E-state index in [0.717, 1.165) is 0 Å². The van der Waals surface area contributed by atoms with Crippen LogP contribution in [-0.2, 0) is 4.74 Å². The highest BCUT2D eigenvalue weighted by Gasteiger charge is 2.27. The van der Waals surface area contributed by atoms with Gasteiger partial charge < -0.3 is 15.4 Å². The first-order valence-electron chi connectivity index (χ1n) is 5.72. The summed E-state index contributed by atoms with van der Waals surface area (Å²) in [7, 11) is 0. The average molecular weight is 235 g/mol. The molecule has 1 aromatic heterocycles. The molecule has 2 atom stereocenters. The van der Waals surface area contributed by atoms with E-state index in [4.69, 9.17) is 10.5 Å². The van der Waals surface area contributed by atoms with Gasteiger partial charge in [0.25, 0.3) is 5.91 Å². The molecule has 2 heterocycles. The van der Waals surface area contributed by atoms with Crippen molar-refractivity contribution in [3.05, 3.63) is 24.0 Å². The first-order chi connectivity index (χ1) is 8.08. The fourth-order valence-electron chi connectivity index (χ4n) is 2.10. The molecule has 0 saturated carbocycles. The minimum Gasteiger partial charge on any atom is -0.398 e. The van der Waals surface area contributed by atoms with Crippen molar-refractivity contribution >= 4 is 11.6 Å². The van der Waals surface area contributed by atoms with Crippen molar-refractivity contribution in [3.8, 4) is 0 Å². The summed E-state index contributed by atoms with van der Waals surface area (Å²) in [6.45, 7) is 5.11. The number of carbonyl (C=O) groups is 1. The van der Waals surface area contributed by atoms with Gasteiger partial charge in [-0.3, -0.25) is 9.78 Å². The van der Waals surface area contributed by atoms with Gasteiger partial charge in [-0.2, -0.15) is 0 Å². The Labute approximate surface area is 101 Å². The molecular weight excluding hydrogens is 218 g/mol. The van der Waals surface area contributed by atoms with Crippen LogP contribution in [0.2, 0.25) is 0 Å². The number of hydrogen-bond donors (Lipinski definition) is 1. The van der Waals surface area contributed by atoms with Gasteiger partial charge in [-0.25, -0.2) is 0 Å². The van der Waals surface area contributed by atoms with Gasteiger partial charge in [0.05, 0.1) is 17.8 Å². The van der Waals surface area contributed by atoms with Crippen LogP contribution in [0.25, 0.3) is 0 Å². The normalized spacial score (nSPS) is 24.7. The molecule has 1 saturated heterocycles. The number of anilines is 1. The predicted molar refractivity (Wildman–Crippen MR) is 64.6 cm³/mol. The van der Waals surface area contributed by atoms with E-state index in [1.54, 1.807) is 17.2 Å². The van der Waals surface area contributed by atoms with Crippen LogP contribution in [0, 0.1) is 0 Å². The molecule has 5 nitrogen and oxygen atoms in total. The molecule has 0 radical (unpaired) electrons. The summed E-state index contributed by atoms with van der Waals surface area (Å²) in [5.74, 6) is -0.0717. The van der Waals surface area contributed by atoms with E-state index in [9.17, 15) is 4.79 Å². The maximum atomic E-state index is 12.3. The summed E-state index contributed by atoms with van der Waals surface area (Å²) >= 11 is 0. The highest BCUT2D eigenvalue weighted by Crippen LogP contribution is 2.17. The van der Waals surface area contributed by atoms with Gasteiger partial charge >= 0.3 is 0 Å². The summed E-state index contributed by atoms with van der Waals surface area (Å²) in [5, 5.41) is 0. The Balaban J connectivity index is 2.17. The Bertz CT molecular complexity index is 412. The van der Waals surface area contributed by atoms with E-state index in [0.29, 0.717) is 24.3 Å². The number of amides is 1. The van der Waals surface area contributed by atoms with Gasteiger partial charge in [-0.05, 0) is 19.9 Å². The highest BCUT2D eigenvalue weighted by molar-refractivity contribution is 5.98. The number of morpholine rings is 1. The largest absolute Gasteiger partial charge is 0.398 e. The van der Waals surface area contributed by atoms with Crippen molar-refractivity contribution in [1.29, 1.82) is 0 Å². The molecule has 5 heteroatoms. The van der Waals surface area contributed by atoms with E-state index < -0.39 is 0 Å².